The van der Waals surface area contributed by atoms with Crippen LogP contribution in [-0.2, 0) is 11.3 Å². The van der Waals surface area contributed by atoms with Crippen LogP contribution in [0.15, 0.2) is 53.6 Å². The Balaban J connectivity index is 1.26. The van der Waals surface area contributed by atoms with E-state index >= 15 is 0 Å². The molecule has 0 bridgehead atoms. The summed E-state index contributed by atoms with van der Waals surface area (Å²) in [4.78, 5) is 40.0. The second-order valence-corrected chi connectivity index (χ2v) is 7.96. The summed E-state index contributed by atoms with van der Waals surface area (Å²) in [5.74, 6) is 1.74. The zero-order valence-electron chi connectivity index (χ0n) is 18.7. The monoisotopic (exact) mass is 448 g/mol. The maximum atomic E-state index is 12.4. The van der Waals surface area contributed by atoms with Crippen LogP contribution < -0.4 is 20.5 Å². The number of carbonyl (C=O) groups excluding carboxylic acids is 1. The van der Waals surface area contributed by atoms with Gasteiger partial charge in [0, 0.05) is 30.8 Å². The van der Waals surface area contributed by atoms with E-state index in [2.05, 4.69) is 25.2 Å². The molecule has 0 radical (unpaired) electrons. The Bertz CT molecular complexity index is 1140. The van der Waals surface area contributed by atoms with Gasteiger partial charge >= 0.3 is 0 Å². The van der Waals surface area contributed by atoms with Gasteiger partial charge < -0.3 is 15.0 Å². The Hall–Kier alpha value is -3.75. The number of carbonyl (C=O) groups is 1. The van der Waals surface area contributed by atoms with E-state index in [0.29, 0.717) is 23.9 Å². The van der Waals surface area contributed by atoms with Crippen molar-refractivity contribution < 1.29 is 9.53 Å². The van der Waals surface area contributed by atoms with E-state index in [9.17, 15) is 9.59 Å². The van der Waals surface area contributed by atoms with Crippen LogP contribution in [-0.4, -0.2) is 51.7 Å². The summed E-state index contributed by atoms with van der Waals surface area (Å²) in [5, 5.41) is 2.76. The first-order valence-electron chi connectivity index (χ1n) is 11.2. The van der Waals surface area contributed by atoms with Crippen LogP contribution in [0.1, 0.15) is 25.1 Å². The molecule has 0 atom stereocenters. The van der Waals surface area contributed by atoms with Crippen LogP contribution in [0, 0.1) is 6.92 Å². The normalized spacial score (nSPS) is 13.5. The third-order valence-corrected chi connectivity index (χ3v) is 5.42. The van der Waals surface area contributed by atoms with E-state index in [1.54, 1.807) is 0 Å². The predicted octanol–water partition coefficient (Wildman–Crippen LogP) is 2.19. The van der Waals surface area contributed by atoms with Crippen molar-refractivity contribution in [3.05, 3.63) is 65.0 Å². The lowest BCUT2D eigenvalue weighted by Crippen LogP contribution is -2.34. The van der Waals surface area contributed by atoms with Crippen LogP contribution in [0.3, 0.4) is 0 Å². The summed E-state index contributed by atoms with van der Waals surface area (Å²) in [6.45, 7) is 4.29. The molecule has 0 unspecified atom stereocenters. The van der Waals surface area contributed by atoms with E-state index in [1.165, 1.54) is 36.2 Å². The molecule has 3 aromatic rings. The third-order valence-electron chi connectivity index (χ3n) is 5.42. The maximum absolute atomic E-state index is 12.4. The molecule has 4 rings (SSSR count). The van der Waals surface area contributed by atoms with Gasteiger partial charge in [-0.3, -0.25) is 14.2 Å². The molecule has 1 fully saturated rings. The lowest BCUT2D eigenvalue weighted by molar-refractivity contribution is -0.121. The quantitative estimate of drug-likeness (QED) is 0.527. The number of ether oxygens (including phenoxy) is 1. The van der Waals surface area contributed by atoms with Gasteiger partial charge in [-0.15, -0.1) is 0 Å². The predicted molar refractivity (Wildman–Crippen MR) is 125 cm³/mol. The van der Waals surface area contributed by atoms with Gasteiger partial charge in [0.15, 0.2) is 0 Å². The Labute approximate surface area is 192 Å². The van der Waals surface area contributed by atoms with Crippen molar-refractivity contribution in [2.75, 3.05) is 31.1 Å². The molecule has 172 valence electrons. The van der Waals surface area contributed by atoms with E-state index in [4.69, 9.17) is 4.74 Å². The zero-order valence-corrected chi connectivity index (χ0v) is 18.7. The number of benzene rings is 1. The van der Waals surface area contributed by atoms with Crippen molar-refractivity contribution >= 4 is 11.7 Å². The highest BCUT2D eigenvalue weighted by molar-refractivity contribution is 5.75. The van der Waals surface area contributed by atoms with Crippen LogP contribution in [0.4, 0.5) is 5.82 Å². The first kappa shape index (κ1) is 22.4. The van der Waals surface area contributed by atoms with Gasteiger partial charge in [-0.05, 0) is 26.2 Å². The van der Waals surface area contributed by atoms with Gasteiger partial charge in [-0.1, -0.05) is 30.3 Å². The molecule has 1 amide bonds. The summed E-state index contributed by atoms with van der Waals surface area (Å²) in [7, 11) is 0. The number of hydrogen-bond donors (Lipinski definition) is 1. The van der Waals surface area contributed by atoms with Crippen LogP contribution >= 0.6 is 0 Å². The van der Waals surface area contributed by atoms with Gasteiger partial charge in [0.25, 0.3) is 5.56 Å². The van der Waals surface area contributed by atoms with Gasteiger partial charge in [0.2, 0.25) is 11.8 Å². The second kappa shape index (κ2) is 10.7. The highest BCUT2D eigenvalue weighted by atomic mass is 16.5. The molecular formula is C24H28N6O3. The summed E-state index contributed by atoms with van der Waals surface area (Å²) < 4.78 is 7.01. The minimum atomic E-state index is -0.289. The van der Waals surface area contributed by atoms with E-state index in [0.717, 1.165) is 24.5 Å². The highest BCUT2D eigenvalue weighted by Crippen LogP contribution is 2.21. The molecule has 33 heavy (non-hydrogen) atoms. The molecule has 1 saturated heterocycles. The van der Waals surface area contributed by atoms with E-state index in [1.807, 2.05) is 43.3 Å². The maximum Gasteiger partial charge on any atom is 0.254 e. The topological polar surface area (TPSA) is 102 Å². The summed E-state index contributed by atoms with van der Waals surface area (Å²) >= 11 is 0. The molecule has 9 nitrogen and oxygen atoms in total. The Morgan fingerprint density at radius 2 is 1.88 bits per heavy atom. The number of nitrogens with one attached hydrogen (secondary N) is 1. The van der Waals surface area contributed by atoms with Crippen molar-refractivity contribution in [2.24, 2.45) is 0 Å². The molecule has 1 N–H and O–H groups in total. The molecular weight excluding hydrogens is 420 g/mol. The van der Waals surface area contributed by atoms with Crippen molar-refractivity contribution in [1.29, 1.82) is 0 Å². The minimum absolute atomic E-state index is 0.105. The van der Waals surface area contributed by atoms with Crippen molar-refractivity contribution in [1.82, 2.24) is 24.8 Å². The number of amides is 1. The van der Waals surface area contributed by atoms with E-state index < -0.39 is 0 Å². The second-order valence-electron chi connectivity index (χ2n) is 7.96. The average Bonchev–Trinajstić information content (AvgIpc) is 2.84. The standard InChI is InChI=1S/C24H28N6O3/c1-18-27-21(29-11-6-3-7-12-29)15-23(28-18)33-13-10-25-22(31)16-30-17-26-20(14-24(30)32)19-8-4-2-5-9-19/h2,4-5,8-9,14-15,17H,3,6-7,10-13,16H2,1H3,(H,25,31). The van der Waals surface area contributed by atoms with Gasteiger partial charge in [-0.25, -0.2) is 9.97 Å². The molecule has 1 aliphatic heterocycles. The van der Waals surface area contributed by atoms with Gasteiger partial charge in [0.1, 0.15) is 24.8 Å². The number of hydrogen-bond acceptors (Lipinski definition) is 7. The fourth-order valence-electron chi connectivity index (χ4n) is 3.75. The van der Waals surface area contributed by atoms with Crippen molar-refractivity contribution in [2.45, 2.75) is 32.7 Å². The molecule has 0 spiro atoms. The highest BCUT2D eigenvalue weighted by Gasteiger charge is 2.14. The SMILES string of the molecule is Cc1nc(OCCNC(=O)Cn2cnc(-c3ccccc3)cc2=O)cc(N2CCCCC2)n1. The lowest BCUT2D eigenvalue weighted by atomic mass is 10.1. The molecule has 0 saturated carbocycles. The summed E-state index contributed by atoms with van der Waals surface area (Å²) in [6, 6.07) is 12.7. The molecule has 3 heterocycles. The molecule has 1 aliphatic rings. The number of anilines is 1. The molecule has 1 aromatic carbocycles. The number of piperidine rings is 1. The molecule has 0 aliphatic carbocycles. The minimum Gasteiger partial charge on any atom is -0.476 e. The lowest BCUT2D eigenvalue weighted by Gasteiger charge is -2.28. The third kappa shape index (κ3) is 6.15. The molecule has 2 aromatic heterocycles. The average molecular weight is 449 g/mol. The van der Waals surface area contributed by atoms with Crippen LogP contribution in [0.5, 0.6) is 5.88 Å². The summed E-state index contributed by atoms with van der Waals surface area (Å²) in [6.07, 6.45) is 4.98. The zero-order chi connectivity index (χ0) is 23.0. The summed E-state index contributed by atoms with van der Waals surface area (Å²) in [5.41, 5.74) is 1.15. The smallest absolute Gasteiger partial charge is 0.254 e. The fraction of sp³-hybridized carbons (Fsp3) is 0.375. The van der Waals surface area contributed by atoms with Gasteiger partial charge in [-0.2, -0.15) is 4.98 Å². The van der Waals surface area contributed by atoms with Crippen LogP contribution in [0.2, 0.25) is 0 Å². The number of nitrogens with zero attached hydrogens (tertiary/aromatic N) is 5. The number of aryl methyl sites for hydroxylation is 1. The largest absolute Gasteiger partial charge is 0.476 e. The Morgan fingerprint density at radius 3 is 2.64 bits per heavy atom. The Morgan fingerprint density at radius 1 is 1.09 bits per heavy atom. The first-order valence-corrected chi connectivity index (χ1v) is 11.2. The first-order chi connectivity index (χ1) is 16.1. The van der Waals surface area contributed by atoms with Crippen molar-refractivity contribution in [3.8, 4) is 17.1 Å². The van der Waals surface area contributed by atoms with Crippen LogP contribution in [0.25, 0.3) is 11.3 Å². The van der Waals surface area contributed by atoms with E-state index in [-0.39, 0.29) is 24.6 Å². The number of rotatable bonds is 8. The molecule has 9 heteroatoms. The Kier molecular flexibility index (Phi) is 7.29. The van der Waals surface area contributed by atoms with Gasteiger partial charge in [0.05, 0.1) is 18.6 Å². The fourth-order valence-corrected chi connectivity index (χ4v) is 3.75. The number of aromatic nitrogens is 4. The van der Waals surface area contributed by atoms with Crippen molar-refractivity contribution in [3.63, 3.8) is 0 Å².